The fourth-order valence-electron chi connectivity index (χ4n) is 1.39. The molecule has 0 bridgehead atoms. The number of nitrogens with zero attached hydrogens (tertiary/aromatic N) is 1. The van der Waals surface area contributed by atoms with Gasteiger partial charge in [-0.3, -0.25) is 9.78 Å². The second-order valence-corrected chi connectivity index (χ2v) is 3.10. The van der Waals surface area contributed by atoms with Crippen molar-refractivity contribution in [2.75, 3.05) is 0 Å². The summed E-state index contributed by atoms with van der Waals surface area (Å²) in [5.41, 5.74) is 1.66. The molecule has 0 unspecified atom stereocenters. The molecule has 0 saturated carbocycles. The molecule has 0 atom stereocenters. The zero-order valence-corrected chi connectivity index (χ0v) is 7.85. The number of aldehydes is 1. The van der Waals surface area contributed by atoms with Gasteiger partial charge >= 0.3 is 0 Å². The smallest absolute Gasteiger partial charge is 0.150 e. The van der Waals surface area contributed by atoms with Crippen molar-refractivity contribution >= 4 is 6.29 Å². The Morgan fingerprint density at radius 3 is 2.87 bits per heavy atom. The molecule has 15 heavy (non-hydrogen) atoms. The molecule has 3 heteroatoms. The SMILES string of the molecule is O=Cc1cccc(-c2ccncc2F)c1. The van der Waals surface area contributed by atoms with Crippen LogP contribution in [0.1, 0.15) is 10.4 Å². The number of pyridine rings is 1. The summed E-state index contributed by atoms with van der Waals surface area (Å²) in [7, 11) is 0. The van der Waals surface area contributed by atoms with E-state index in [4.69, 9.17) is 0 Å². The lowest BCUT2D eigenvalue weighted by molar-refractivity contribution is 0.112. The van der Waals surface area contributed by atoms with Crippen LogP contribution in [-0.4, -0.2) is 11.3 Å². The maximum absolute atomic E-state index is 13.4. The van der Waals surface area contributed by atoms with Crippen LogP contribution in [-0.2, 0) is 0 Å². The van der Waals surface area contributed by atoms with Crippen molar-refractivity contribution in [1.82, 2.24) is 4.98 Å². The van der Waals surface area contributed by atoms with E-state index in [1.165, 1.54) is 6.20 Å². The molecule has 2 nitrogen and oxygen atoms in total. The minimum absolute atomic E-state index is 0.388. The van der Waals surface area contributed by atoms with Gasteiger partial charge in [0.15, 0.2) is 0 Å². The van der Waals surface area contributed by atoms with Crippen molar-refractivity contribution < 1.29 is 9.18 Å². The third-order valence-electron chi connectivity index (χ3n) is 2.11. The fourth-order valence-corrected chi connectivity index (χ4v) is 1.39. The summed E-state index contributed by atoms with van der Waals surface area (Å²) < 4.78 is 13.4. The molecule has 0 fully saturated rings. The summed E-state index contributed by atoms with van der Waals surface area (Å²) >= 11 is 0. The normalized spacial score (nSPS) is 9.93. The molecule has 0 aliphatic heterocycles. The number of hydrogen-bond donors (Lipinski definition) is 0. The molecule has 1 aromatic carbocycles. The van der Waals surface area contributed by atoms with E-state index in [0.29, 0.717) is 16.7 Å². The van der Waals surface area contributed by atoms with Crippen molar-refractivity contribution in [3.8, 4) is 11.1 Å². The van der Waals surface area contributed by atoms with Gasteiger partial charge in [0.1, 0.15) is 12.1 Å². The minimum atomic E-state index is -0.388. The predicted molar refractivity (Wildman–Crippen MR) is 55.0 cm³/mol. The summed E-state index contributed by atoms with van der Waals surface area (Å²) in [6, 6.07) is 8.38. The highest BCUT2D eigenvalue weighted by Gasteiger charge is 2.04. The maximum Gasteiger partial charge on any atom is 0.150 e. The van der Waals surface area contributed by atoms with Gasteiger partial charge in [0.2, 0.25) is 0 Å². The van der Waals surface area contributed by atoms with E-state index < -0.39 is 0 Å². The van der Waals surface area contributed by atoms with Crippen LogP contribution in [0, 0.1) is 5.82 Å². The Hall–Kier alpha value is -2.03. The average Bonchev–Trinajstić information content (AvgIpc) is 2.30. The van der Waals surface area contributed by atoms with Gasteiger partial charge < -0.3 is 0 Å². The molecule has 0 saturated heterocycles. The third-order valence-corrected chi connectivity index (χ3v) is 2.11. The highest BCUT2D eigenvalue weighted by Crippen LogP contribution is 2.21. The molecule has 0 aliphatic rings. The highest BCUT2D eigenvalue weighted by atomic mass is 19.1. The molecule has 0 amide bonds. The van der Waals surface area contributed by atoms with Crippen molar-refractivity contribution in [2.24, 2.45) is 0 Å². The lowest BCUT2D eigenvalue weighted by atomic mass is 10.0. The van der Waals surface area contributed by atoms with Crippen LogP contribution >= 0.6 is 0 Å². The fraction of sp³-hybridized carbons (Fsp3) is 0. The lowest BCUT2D eigenvalue weighted by Gasteiger charge is -2.02. The van der Waals surface area contributed by atoms with Crippen molar-refractivity contribution in [2.45, 2.75) is 0 Å². The lowest BCUT2D eigenvalue weighted by Crippen LogP contribution is -1.87. The number of hydrogen-bond acceptors (Lipinski definition) is 2. The second-order valence-electron chi connectivity index (χ2n) is 3.10. The Morgan fingerprint density at radius 1 is 1.27 bits per heavy atom. The molecule has 0 radical (unpaired) electrons. The molecule has 2 aromatic rings. The summed E-state index contributed by atoms with van der Waals surface area (Å²) in [6.45, 7) is 0. The van der Waals surface area contributed by atoms with Gasteiger partial charge in [-0.05, 0) is 17.7 Å². The zero-order valence-electron chi connectivity index (χ0n) is 7.85. The van der Waals surface area contributed by atoms with Crippen LogP contribution in [0.3, 0.4) is 0 Å². The largest absolute Gasteiger partial charge is 0.298 e. The number of aromatic nitrogens is 1. The van der Waals surface area contributed by atoms with Gasteiger partial charge in [0.25, 0.3) is 0 Å². The summed E-state index contributed by atoms with van der Waals surface area (Å²) in [6.07, 6.45) is 3.41. The van der Waals surface area contributed by atoms with Crippen LogP contribution in [0.15, 0.2) is 42.7 Å². The molecule has 1 heterocycles. The van der Waals surface area contributed by atoms with E-state index in [9.17, 15) is 9.18 Å². The average molecular weight is 201 g/mol. The van der Waals surface area contributed by atoms with E-state index in [0.717, 1.165) is 12.5 Å². The Balaban J connectivity index is 2.54. The number of rotatable bonds is 2. The number of benzene rings is 1. The number of carbonyl (C=O) groups is 1. The van der Waals surface area contributed by atoms with E-state index >= 15 is 0 Å². The molecular weight excluding hydrogens is 193 g/mol. The summed E-state index contributed by atoms with van der Waals surface area (Å²) in [5.74, 6) is -0.388. The molecule has 1 aromatic heterocycles. The van der Waals surface area contributed by atoms with Gasteiger partial charge in [-0.15, -0.1) is 0 Å². The Labute approximate surface area is 86.4 Å². The maximum atomic E-state index is 13.4. The van der Waals surface area contributed by atoms with E-state index in [1.54, 1.807) is 30.3 Å². The molecule has 0 aliphatic carbocycles. The monoisotopic (exact) mass is 201 g/mol. The van der Waals surface area contributed by atoms with Gasteiger partial charge in [0.05, 0.1) is 6.20 Å². The first kappa shape index (κ1) is 9.52. The Bertz CT molecular complexity index is 496. The minimum Gasteiger partial charge on any atom is -0.298 e. The number of carbonyl (C=O) groups excluding carboxylic acids is 1. The number of halogens is 1. The first-order valence-corrected chi connectivity index (χ1v) is 4.46. The van der Waals surface area contributed by atoms with E-state index in [1.807, 2.05) is 0 Å². The van der Waals surface area contributed by atoms with E-state index in [-0.39, 0.29) is 5.82 Å². The van der Waals surface area contributed by atoms with Gasteiger partial charge in [-0.2, -0.15) is 0 Å². The predicted octanol–water partition coefficient (Wildman–Crippen LogP) is 2.70. The molecule has 0 N–H and O–H groups in total. The van der Waals surface area contributed by atoms with Crippen LogP contribution in [0.4, 0.5) is 4.39 Å². The molecule has 2 rings (SSSR count). The van der Waals surface area contributed by atoms with Crippen molar-refractivity contribution in [3.05, 3.63) is 54.1 Å². The zero-order chi connectivity index (χ0) is 10.7. The van der Waals surface area contributed by atoms with Crippen molar-refractivity contribution in [3.63, 3.8) is 0 Å². The van der Waals surface area contributed by atoms with Crippen LogP contribution in [0.25, 0.3) is 11.1 Å². The molecule has 74 valence electrons. The van der Waals surface area contributed by atoms with Crippen molar-refractivity contribution in [1.29, 1.82) is 0 Å². The molecular formula is C12H8FNO. The third kappa shape index (κ3) is 1.91. The van der Waals surface area contributed by atoms with E-state index in [2.05, 4.69) is 4.98 Å². The van der Waals surface area contributed by atoms with Gasteiger partial charge in [0, 0.05) is 17.3 Å². The first-order chi connectivity index (χ1) is 7.31. The van der Waals surface area contributed by atoms with Crippen LogP contribution in [0.2, 0.25) is 0 Å². The van der Waals surface area contributed by atoms with Crippen LogP contribution in [0.5, 0.6) is 0 Å². The highest BCUT2D eigenvalue weighted by molar-refractivity contribution is 5.78. The standard InChI is InChI=1S/C12H8FNO/c13-12-7-14-5-4-11(12)10-3-1-2-9(6-10)8-15/h1-8H. The summed E-state index contributed by atoms with van der Waals surface area (Å²) in [4.78, 5) is 14.2. The quantitative estimate of drug-likeness (QED) is 0.699. The topological polar surface area (TPSA) is 30.0 Å². The van der Waals surface area contributed by atoms with Gasteiger partial charge in [-0.25, -0.2) is 4.39 Å². The summed E-state index contributed by atoms with van der Waals surface area (Å²) in [5, 5.41) is 0. The van der Waals surface area contributed by atoms with Crippen LogP contribution < -0.4 is 0 Å². The Kier molecular flexibility index (Phi) is 2.54. The Morgan fingerprint density at radius 2 is 2.13 bits per heavy atom. The van der Waals surface area contributed by atoms with Gasteiger partial charge in [-0.1, -0.05) is 18.2 Å². The molecule has 0 spiro atoms. The second kappa shape index (κ2) is 4.00. The first-order valence-electron chi connectivity index (χ1n) is 4.46.